The highest BCUT2D eigenvalue weighted by Crippen LogP contribution is 2.25. The van der Waals surface area contributed by atoms with Gasteiger partial charge in [0.25, 0.3) is 0 Å². The molecule has 3 rings (SSSR count). The van der Waals surface area contributed by atoms with Gasteiger partial charge in [0.1, 0.15) is 0 Å². The minimum atomic E-state index is -0.241. The van der Waals surface area contributed by atoms with E-state index >= 15 is 0 Å². The summed E-state index contributed by atoms with van der Waals surface area (Å²) in [6, 6.07) is 6.11. The minimum absolute atomic E-state index is 0.0511. The second-order valence-corrected chi connectivity index (χ2v) is 8.46. The molecule has 1 unspecified atom stereocenters. The maximum Gasteiger partial charge on any atom is 0.233 e. The smallest absolute Gasteiger partial charge is 0.233 e. The van der Waals surface area contributed by atoms with E-state index in [1.165, 1.54) is 55.0 Å². The number of carbonyl (C=O) groups is 1. The van der Waals surface area contributed by atoms with Gasteiger partial charge in [0, 0.05) is 6.54 Å². The van der Waals surface area contributed by atoms with Crippen molar-refractivity contribution in [3.63, 3.8) is 0 Å². The maximum absolute atomic E-state index is 12.4. The van der Waals surface area contributed by atoms with Crippen molar-refractivity contribution in [2.45, 2.75) is 63.3 Å². The minimum Gasteiger partial charge on any atom is -0.355 e. The topological polar surface area (TPSA) is 72.7 Å². The van der Waals surface area contributed by atoms with Crippen LogP contribution in [0.5, 0.6) is 0 Å². The van der Waals surface area contributed by atoms with Crippen molar-refractivity contribution in [3.8, 4) is 5.69 Å². The van der Waals surface area contributed by atoms with E-state index in [1.807, 2.05) is 13.0 Å². The lowest BCUT2D eigenvalue weighted by atomic mass is 9.89. The van der Waals surface area contributed by atoms with E-state index in [9.17, 15) is 4.79 Å². The summed E-state index contributed by atoms with van der Waals surface area (Å²) in [5, 5.41) is 15.5. The number of nitrogens with zero attached hydrogens (tertiary/aromatic N) is 4. The largest absolute Gasteiger partial charge is 0.355 e. The quantitative estimate of drug-likeness (QED) is 0.785. The summed E-state index contributed by atoms with van der Waals surface area (Å²) < 4.78 is 1.70. The summed E-state index contributed by atoms with van der Waals surface area (Å²) in [6.45, 7) is 6.83. The summed E-state index contributed by atoms with van der Waals surface area (Å²) in [4.78, 5) is 12.4. The Morgan fingerprint density at radius 3 is 2.77 bits per heavy atom. The molecule has 1 aliphatic carbocycles. The van der Waals surface area contributed by atoms with Gasteiger partial charge >= 0.3 is 0 Å². The molecule has 7 heteroatoms. The van der Waals surface area contributed by atoms with Crippen molar-refractivity contribution in [1.82, 2.24) is 25.5 Å². The van der Waals surface area contributed by atoms with Crippen LogP contribution in [0.2, 0.25) is 0 Å². The first kappa shape index (κ1) is 18.9. The number of tetrazole rings is 1. The van der Waals surface area contributed by atoms with Crippen molar-refractivity contribution >= 4 is 17.7 Å². The predicted molar refractivity (Wildman–Crippen MR) is 104 cm³/mol. The molecular weight excluding hydrogens is 346 g/mol. The SMILES string of the molecule is Cc1ccc(-n2nnnc2SC(C)C(=O)NCC2CCCCC2)cc1C. The summed E-state index contributed by atoms with van der Waals surface area (Å²) in [5.74, 6) is 0.681. The summed E-state index contributed by atoms with van der Waals surface area (Å²) in [6.07, 6.45) is 6.36. The number of hydrogen-bond acceptors (Lipinski definition) is 5. The van der Waals surface area contributed by atoms with E-state index < -0.39 is 0 Å². The summed E-state index contributed by atoms with van der Waals surface area (Å²) in [7, 11) is 0. The molecule has 1 amide bonds. The zero-order valence-electron chi connectivity index (χ0n) is 15.7. The van der Waals surface area contributed by atoms with Gasteiger partial charge in [-0.05, 0) is 73.2 Å². The fourth-order valence-electron chi connectivity index (χ4n) is 3.26. The first-order chi connectivity index (χ1) is 12.5. The van der Waals surface area contributed by atoms with E-state index in [1.54, 1.807) is 4.68 Å². The molecule has 0 saturated heterocycles. The van der Waals surface area contributed by atoms with Crippen molar-refractivity contribution in [3.05, 3.63) is 29.3 Å². The standard InChI is InChI=1S/C19H27N5OS/c1-13-9-10-17(11-14(13)2)24-19(21-22-23-24)26-15(3)18(25)20-12-16-7-5-4-6-8-16/h9-11,15-16H,4-8,12H2,1-3H3,(H,20,25). The Hall–Kier alpha value is -1.89. The van der Waals surface area contributed by atoms with Gasteiger partial charge in [0.15, 0.2) is 0 Å². The molecule has 1 aliphatic rings. The zero-order chi connectivity index (χ0) is 18.5. The average Bonchev–Trinajstić information content (AvgIpc) is 3.11. The molecule has 1 aromatic heterocycles. The fraction of sp³-hybridized carbons (Fsp3) is 0.579. The van der Waals surface area contributed by atoms with E-state index in [0.29, 0.717) is 11.1 Å². The number of rotatable bonds is 6. The van der Waals surface area contributed by atoms with Crippen molar-refractivity contribution in [1.29, 1.82) is 0 Å². The van der Waals surface area contributed by atoms with E-state index in [2.05, 4.69) is 46.8 Å². The maximum atomic E-state index is 12.4. The first-order valence-electron chi connectivity index (χ1n) is 9.35. The molecule has 0 aliphatic heterocycles. The third-order valence-electron chi connectivity index (χ3n) is 5.12. The third-order valence-corrected chi connectivity index (χ3v) is 6.15. The Balaban J connectivity index is 1.60. The van der Waals surface area contributed by atoms with Crippen LogP contribution in [0.4, 0.5) is 0 Å². The van der Waals surface area contributed by atoms with Gasteiger partial charge in [-0.3, -0.25) is 4.79 Å². The molecule has 2 aromatic rings. The van der Waals surface area contributed by atoms with Crippen LogP contribution < -0.4 is 5.32 Å². The zero-order valence-corrected chi connectivity index (χ0v) is 16.6. The van der Waals surface area contributed by atoms with E-state index in [4.69, 9.17) is 0 Å². The Morgan fingerprint density at radius 2 is 2.04 bits per heavy atom. The van der Waals surface area contributed by atoms with Crippen molar-refractivity contribution in [2.75, 3.05) is 6.54 Å². The highest BCUT2D eigenvalue weighted by Gasteiger charge is 2.21. The lowest BCUT2D eigenvalue weighted by Crippen LogP contribution is -2.35. The Labute approximate surface area is 159 Å². The monoisotopic (exact) mass is 373 g/mol. The van der Waals surface area contributed by atoms with E-state index in [-0.39, 0.29) is 11.2 Å². The predicted octanol–water partition coefficient (Wildman–Crippen LogP) is 3.46. The van der Waals surface area contributed by atoms with Crippen LogP contribution in [0.15, 0.2) is 23.4 Å². The number of aromatic nitrogens is 4. The Kier molecular flexibility index (Phi) is 6.29. The second-order valence-electron chi connectivity index (χ2n) is 7.15. The number of amides is 1. The molecular formula is C19H27N5OS. The number of benzene rings is 1. The third kappa shape index (κ3) is 4.63. The van der Waals surface area contributed by atoms with Gasteiger partial charge in [0.05, 0.1) is 10.9 Å². The Bertz CT molecular complexity index is 754. The van der Waals surface area contributed by atoms with Gasteiger partial charge in [-0.1, -0.05) is 37.1 Å². The molecule has 1 fully saturated rings. The van der Waals surface area contributed by atoms with Gasteiger partial charge < -0.3 is 5.32 Å². The van der Waals surface area contributed by atoms with Gasteiger partial charge in [-0.2, -0.15) is 4.68 Å². The number of carbonyl (C=O) groups excluding carboxylic acids is 1. The van der Waals surface area contributed by atoms with Crippen molar-refractivity contribution < 1.29 is 4.79 Å². The van der Waals surface area contributed by atoms with Crippen LogP contribution in [0, 0.1) is 19.8 Å². The lowest BCUT2D eigenvalue weighted by Gasteiger charge is -2.22. The fourth-order valence-corrected chi connectivity index (χ4v) is 4.10. The first-order valence-corrected chi connectivity index (χ1v) is 10.2. The average molecular weight is 374 g/mol. The molecule has 1 heterocycles. The summed E-state index contributed by atoms with van der Waals surface area (Å²) >= 11 is 1.39. The van der Waals surface area contributed by atoms with Crippen molar-refractivity contribution in [2.24, 2.45) is 5.92 Å². The van der Waals surface area contributed by atoms with Gasteiger partial charge in [0.2, 0.25) is 11.1 Å². The number of hydrogen-bond donors (Lipinski definition) is 1. The Morgan fingerprint density at radius 1 is 1.27 bits per heavy atom. The van der Waals surface area contributed by atoms with Crippen LogP contribution in [0.1, 0.15) is 50.2 Å². The number of nitrogens with one attached hydrogen (secondary N) is 1. The highest BCUT2D eigenvalue weighted by molar-refractivity contribution is 8.00. The molecule has 1 saturated carbocycles. The van der Waals surface area contributed by atoms with Crippen LogP contribution in [-0.4, -0.2) is 37.9 Å². The molecule has 0 spiro atoms. The second kappa shape index (κ2) is 8.66. The molecule has 6 nitrogen and oxygen atoms in total. The van der Waals surface area contributed by atoms with Crippen LogP contribution in [-0.2, 0) is 4.79 Å². The normalized spacial score (nSPS) is 16.4. The molecule has 140 valence electrons. The van der Waals surface area contributed by atoms with Crippen LogP contribution in [0.3, 0.4) is 0 Å². The van der Waals surface area contributed by atoms with Gasteiger partial charge in [-0.15, -0.1) is 5.10 Å². The van der Waals surface area contributed by atoms with Crippen LogP contribution >= 0.6 is 11.8 Å². The molecule has 1 atom stereocenters. The van der Waals surface area contributed by atoms with Crippen LogP contribution in [0.25, 0.3) is 5.69 Å². The van der Waals surface area contributed by atoms with Gasteiger partial charge in [-0.25, -0.2) is 0 Å². The molecule has 0 bridgehead atoms. The van der Waals surface area contributed by atoms with E-state index in [0.717, 1.165) is 12.2 Å². The molecule has 1 aromatic carbocycles. The highest BCUT2D eigenvalue weighted by atomic mass is 32.2. The number of aryl methyl sites for hydroxylation is 2. The summed E-state index contributed by atoms with van der Waals surface area (Å²) in [5.41, 5.74) is 3.33. The molecule has 26 heavy (non-hydrogen) atoms. The lowest BCUT2D eigenvalue weighted by molar-refractivity contribution is -0.120. The molecule has 1 N–H and O–H groups in total. The molecule has 0 radical (unpaired) electrons. The number of thioether (sulfide) groups is 1.